The first kappa shape index (κ1) is 18.7. The minimum atomic E-state index is -0.763. The quantitative estimate of drug-likeness (QED) is 0.350. The van der Waals surface area contributed by atoms with Crippen molar-refractivity contribution in [3.8, 4) is 11.5 Å². The van der Waals surface area contributed by atoms with Crippen LogP contribution in [0.1, 0.15) is 37.7 Å². The third kappa shape index (κ3) is 4.96. The van der Waals surface area contributed by atoms with Gasteiger partial charge in [-0.3, -0.25) is 14.9 Å². The standard InChI is InChI=1S/C18H20N2O7/c21-17(19-13-4-2-1-3-5-13)10-25-18(22)7-6-12-8-15-16(27-11-26-15)9-14(12)20(23)24/h6-9,13H,1-5,10-11H2,(H,19,21)/b7-6+. The molecule has 0 bridgehead atoms. The predicted octanol–water partition coefficient (Wildman–Crippen LogP) is 2.33. The number of rotatable bonds is 6. The zero-order valence-corrected chi connectivity index (χ0v) is 14.6. The summed E-state index contributed by atoms with van der Waals surface area (Å²) in [5.41, 5.74) is -0.0498. The van der Waals surface area contributed by atoms with Crippen LogP contribution < -0.4 is 14.8 Å². The number of nitro groups is 1. The van der Waals surface area contributed by atoms with Gasteiger partial charge in [-0.15, -0.1) is 0 Å². The second-order valence-electron chi connectivity index (χ2n) is 6.36. The lowest BCUT2D eigenvalue weighted by molar-refractivity contribution is -0.385. The number of carbonyl (C=O) groups excluding carboxylic acids is 2. The number of nitrogens with one attached hydrogen (secondary N) is 1. The van der Waals surface area contributed by atoms with Crippen molar-refractivity contribution in [1.82, 2.24) is 5.32 Å². The fourth-order valence-electron chi connectivity index (χ4n) is 3.10. The van der Waals surface area contributed by atoms with Gasteiger partial charge in [-0.25, -0.2) is 4.79 Å². The van der Waals surface area contributed by atoms with Crippen LogP contribution in [0.4, 0.5) is 5.69 Å². The molecule has 144 valence electrons. The number of esters is 1. The Balaban J connectivity index is 1.55. The molecule has 1 heterocycles. The Kier molecular flexibility index (Phi) is 5.90. The number of benzene rings is 1. The maximum Gasteiger partial charge on any atom is 0.331 e. The number of nitrogens with zero attached hydrogens (tertiary/aromatic N) is 1. The Hall–Kier alpha value is -3.10. The molecule has 1 amide bonds. The van der Waals surface area contributed by atoms with E-state index in [1.54, 1.807) is 0 Å². The first-order chi connectivity index (χ1) is 13.0. The van der Waals surface area contributed by atoms with Crippen molar-refractivity contribution in [2.24, 2.45) is 0 Å². The van der Waals surface area contributed by atoms with Crippen molar-refractivity contribution in [1.29, 1.82) is 0 Å². The van der Waals surface area contributed by atoms with Gasteiger partial charge in [0, 0.05) is 12.1 Å². The number of ether oxygens (including phenoxy) is 3. The van der Waals surface area contributed by atoms with Gasteiger partial charge >= 0.3 is 5.97 Å². The highest BCUT2D eigenvalue weighted by atomic mass is 16.7. The summed E-state index contributed by atoms with van der Waals surface area (Å²) in [6, 6.07) is 2.79. The molecule has 3 rings (SSSR count). The smallest absolute Gasteiger partial charge is 0.331 e. The van der Waals surface area contributed by atoms with Gasteiger partial charge in [0.2, 0.25) is 6.79 Å². The largest absolute Gasteiger partial charge is 0.454 e. The molecule has 1 aliphatic heterocycles. The molecule has 9 nitrogen and oxygen atoms in total. The van der Waals surface area contributed by atoms with Crippen molar-refractivity contribution >= 4 is 23.6 Å². The summed E-state index contributed by atoms with van der Waals surface area (Å²) in [6.07, 6.45) is 7.52. The number of hydrogen-bond donors (Lipinski definition) is 1. The lowest BCUT2D eigenvalue weighted by Gasteiger charge is -2.22. The maximum absolute atomic E-state index is 11.8. The van der Waals surface area contributed by atoms with Crippen molar-refractivity contribution in [3.63, 3.8) is 0 Å². The van der Waals surface area contributed by atoms with Crippen molar-refractivity contribution in [2.45, 2.75) is 38.1 Å². The summed E-state index contributed by atoms with van der Waals surface area (Å²) in [4.78, 5) is 34.2. The molecular formula is C18H20N2O7. The fourth-order valence-corrected chi connectivity index (χ4v) is 3.10. The monoisotopic (exact) mass is 376 g/mol. The van der Waals surface area contributed by atoms with E-state index in [2.05, 4.69) is 5.32 Å². The zero-order valence-electron chi connectivity index (χ0n) is 14.6. The summed E-state index contributed by atoms with van der Waals surface area (Å²) in [5.74, 6) is -0.472. The molecule has 0 unspecified atom stereocenters. The van der Waals surface area contributed by atoms with E-state index in [-0.39, 0.29) is 42.3 Å². The third-order valence-corrected chi connectivity index (χ3v) is 4.43. The van der Waals surface area contributed by atoms with Gasteiger partial charge in [-0.1, -0.05) is 19.3 Å². The van der Waals surface area contributed by atoms with Gasteiger partial charge in [0.25, 0.3) is 11.6 Å². The summed E-state index contributed by atoms with van der Waals surface area (Å²) in [6.45, 7) is -0.402. The predicted molar refractivity (Wildman–Crippen MR) is 94.2 cm³/mol. The van der Waals surface area contributed by atoms with Crippen LogP contribution >= 0.6 is 0 Å². The third-order valence-electron chi connectivity index (χ3n) is 4.43. The molecule has 9 heteroatoms. The minimum Gasteiger partial charge on any atom is -0.454 e. The highest BCUT2D eigenvalue weighted by molar-refractivity contribution is 5.90. The van der Waals surface area contributed by atoms with E-state index in [1.165, 1.54) is 24.6 Å². The number of nitro benzene ring substituents is 1. The molecule has 27 heavy (non-hydrogen) atoms. The van der Waals surface area contributed by atoms with E-state index in [4.69, 9.17) is 14.2 Å². The van der Waals surface area contributed by atoms with Crippen molar-refractivity contribution in [3.05, 3.63) is 33.9 Å². The number of hydrogen-bond acceptors (Lipinski definition) is 7. The van der Waals surface area contributed by atoms with Crippen molar-refractivity contribution in [2.75, 3.05) is 13.4 Å². The van der Waals surface area contributed by atoms with Crippen LogP contribution in [0, 0.1) is 10.1 Å². The first-order valence-corrected chi connectivity index (χ1v) is 8.75. The van der Waals surface area contributed by atoms with Crippen LogP contribution in [0.3, 0.4) is 0 Å². The molecule has 1 aliphatic carbocycles. The molecule has 1 saturated carbocycles. The highest BCUT2D eigenvalue weighted by Gasteiger charge is 2.22. The lowest BCUT2D eigenvalue weighted by atomic mass is 9.95. The van der Waals surface area contributed by atoms with E-state index in [1.807, 2.05) is 0 Å². The summed E-state index contributed by atoms with van der Waals surface area (Å²) in [5, 5.41) is 14.0. The molecule has 1 N–H and O–H groups in total. The summed E-state index contributed by atoms with van der Waals surface area (Å²) < 4.78 is 15.2. The Labute approximate surface area is 155 Å². The Morgan fingerprint density at radius 2 is 1.93 bits per heavy atom. The summed E-state index contributed by atoms with van der Waals surface area (Å²) >= 11 is 0. The molecular weight excluding hydrogens is 356 g/mol. The lowest BCUT2D eigenvalue weighted by Crippen LogP contribution is -2.38. The van der Waals surface area contributed by atoms with Gasteiger partial charge < -0.3 is 19.5 Å². The van der Waals surface area contributed by atoms with E-state index in [9.17, 15) is 19.7 Å². The molecule has 0 spiro atoms. The normalized spacial score (nSPS) is 16.3. The second kappa shape index (κ2) is 8.52. The Morgan fingerprint density at radius 1 is 1.22 bits per heavy atom. The molecule has 2 aliphatic rings. The molecule has 0 aromatic heterocycles. The van der Waals surface area contributed by atoms with Crippen LogP contribution in [-0.4, -0.2) is 36.2 Å². The van der Waals surface area contributed by atoms with Crippen LogP contribution in [0.25, 0.3) is 6.08 Å². The molecule has 0 saturated heterocycles. The van der Waals surface area contributed by atoms with Crippen LogP contribution in [-0.2, 0) is 14.3 Å². The number of amides is 1. The van der Waals surface area contributed by atoms with Gasteiger partial charge in [0.1, 0.15) is 0 Å². The van der Waals surface area contributed by atoms with Crippen LogP contribution in [0.5, 0.6) is 11.5 Å². The van der Waals surface area contributed by atoms with Gasteiger partial charge in [-0.05, 0) is 25.0 Å². The Morgan fingerprint density at radius 3 is 2.63 bits per heavy atom. The van der Waals surface area contributed by atoms with Gasteiger partial charge in [-0.2, -0.15) is 0 Å². The minimum absolute atomic E-state index is 0.0161. The molecule has 1 aromatic rings. The topological polar surface area (TPSA) is 117 Å². The van der Waals surface area contributed by atoms with Crippen molar-refractivity contribution < 1.29 is 28.7 Å². The van der Waals surface area contributed by atoms with Gasteiger partial charge in [0.05, 0.1) is 16.6 Å². The molecule has 1 fully saturated rings. The first-order valence-electron chi connectivity index (χ1n) is 8.75. The average Bonchev–Trinajstić information content (AvgIpc) is 3.12. The number of fused-ring (bicyclic) bond motifs is 1. The Bertz CT molecular complexity index is 769. The van der Waals surface area contributed by atoms with Gasteiger partial charge in [0.15, 0.2) is 18.1 Å². The summed E-state index contributed by atoms with van der Waals surface area (Å²) in [7, 11) is 0. The fraction of sp³-hybridized carbons (Fsp3) is 0.444. The van der Waals surface area contributed by atoms with E-state index < -0.39 is 10.9 Å². The number of carbonyl (C=O) groups is 2. The molecule has 1 aromatic carbocycles. The highest BCUT2D eigenvalue weighted by Crippen LogP contribution is 2.38. The van der Waals surface area contributed by atoms with Crippen LogP contribution in [0.2, 0.25) is 0 Å². The van der Waals surface area contributed by atoms with Crippen LogP contribution in [0.15, 0.2) is 18.2 Å². The second-order valence-corrected chi connectivity index (χ2v) is 6.36. The van der Waals surface area contributed by atoms with E-state index in [0.717, 1.165) is 31.8 Å². The average molecular weight is 376 g/mol. The van der Waals surface area contributed by atoms with E-state index in [0.29, 0.717) is 5.75 Å². The molecule has 0 radical (unpaired) electrons. The SMILES string of the molecule is O=C(COC(=O)/C=C/c1cc2c(cc1[N+](=O)[O-])OCO2)NC1CCCCC1. The zero-order chi connectivity index (χ0) is 19.2. The maximum atomic E-state index is 11.8. The van der Waals surface area contributed by atoms with E-state index >= 15 is 0 Å². The molecule has 0 atom stereocenters.